The van der Waals surface area contributed by atoms with Gasteiger partial charge in [0.15, 0.2) is 5.69 Å². The Labute approximate surface area is 173 Å². The number of rotatable bonds is 5. The molecule has 3 aromatic rings. The van der Waals surface area contributed by atoms with E-state index in [1.165, 1.54) is 6.07 Å². The molecule has 29 heavy (non-hydrogen) atoms. The normalized spacial score (nSPS) is 11.4. The highest BCUT2D eigenvalue weighted by atomic mass is 35.5. The van der Waals surface area contributed by atoms with Crippen molar-refractivity contribution in [2.24, 2.45) is 0 Å². The third-order valence-electron chi connectivity index (χ3n) is 3.94. The number of aromatic nitrogens is 1. The second kappa shape index (κ2) is 8.34. The topological polar surface area (TPSA) is 64.4 Å². The number of ether oxygens (including phenoxy) is 1. The molecule has 1 N–H and O–H groups in total. The average molecular weight is 445 g/mol. The fourth-order valence-electron chi connectivity index (χ4n) is 2.46. The number of hydrogen-bond donors (Lipinski definition) is 1. The van der Waals surface area contributed by atoms with E-state index >= 15 is 0 Å². The van der Waals surface area contributed by atoms with Gasteiger partial charge >= 0.3 is 6.18 Å². The van der Waals surface area contributed by atoms with Crippen molar-refractivity contribution in [2.75, 3.05) is 5.32 Å². The van der Waals surface area contributed by atoms with E-state index in [1.807, 2.05) is 0 Å². The molecule has 152 valence electrons. The van der Waals surface area contributed by atoms with E-state index in [0.717, 1.165) is 12.1 Å². The van der Waals surface area contributed by atoms with Crippen LogP contribution in [0.5, 0.6) is 5.75 Å². The van der Waals surface area contributed by atoms with Crippen LogP contribution in [0.4, 0.5) is 18.9 Å². The molecule has 0 bridgehead atoms. The summed E-state index contributed by atoms with van der Waals surface area (Å²) < 4.78 is 49.6. The summed E-state index contributed by atoms with van der Waals surface area (Å²) in [5.74, 6) is -0.0296. The molecular weight excluding hydrogens is 432 g/mol. The van der Waals surface area contributed by atoms with E-state index < -0.39 is 22.7 Å². The summed E-state index contributed by atoms with van der Waals surface area (Å²) in [7, 11) is 0. The van der Waals surface area contributed by atoms with Crippen molar-refractivity contribution in [3.8, 4) is 5.75 Å². The number of amides is 1. The Kier molecular flexibility index (Phi) is 6.04. The molecule has 0 aliphatic heterocycles. The monoisotopic (exact) mass is 444 g/mol. The molecule has 1 amide bonds. The number of alkyl halides is 3. The molecule has 0 saturated carbocycles. The molecule has 0 aliphatic carbocycles. The minimum Gasteiger partial charge on any atom is -0.487 e. The third-order valence-corrected chi connectivity index (χ3v) is 4.58. The van der Waals surface area contributed by atoms with Crippen LogP contribution in [0.2, 0.25) is 10.0 Å². The first-order valence-electron chi connectivity index (χ1n) is 8.17. The molecule has 0 unspecified atom stereocenters. The lowest BCUT2D eigenvalue weighted by Gasteiger charge is -2.12. The Morgan fingerprint density at radius 1 is 1.17 bits per heavy atom. The molecule has 5 nitrogen and oxygen atoms in total. The van der Waals surface area contributed by atoms with E-state index in [0.29, 0.717) is 22.1 Å². The van der Waals surface area contributed by atoms with Crippen molar-refractivity contribution < 1.29 is 27.2 Å². The molecule has 0 aliphatic rings. The average Bonchev–Trinajstić information content (AvgIpc) is 3.02. The first kappa shape index (κ1) is 21.0. The van der Waals surface area contributed by atoms with Gasteiger partial charge in [-0.05, 0) is 37.3 Å². The van der Waals surface area contributed by atoms with Gasteiger partial charge in [-0.15, -0.1) is 0 Å². The van der Waals surface area contributed by atoms with Gasteiger partial charge in [-0.3, -0.25) is 4.79 Å². The maximum atomic E-state index is 13.0. The number of carbonyl (C=O) groups is 1. The molecule has 0 radical (unpaired) electrons. The van der Waals surface area contributed by atoms with Crippen LogP contribution < -0.4 is 10.1 Å². The fourth-order valence-corrected chi connectivity index (χ4v) is 2.88. The molecule has 0 saturated heterocycles. The maximum absolute atomic E-state index is 13.0. The van der Waals surface area contributed by atoms with Gasteiger partial charge in [-0.25, -0.2) is 0 Å². The lowest BCUT2D eigenvalue weighted by atomic mass is 10.1. The van der Waals surface area contributed by atoms with Crippen molar-refractivity contribution in [2.45, 2.75) is 19.7 Å². The molecule has 10 heteroatoms. The van der Waals surface area contributed by atoms with Crippen LogP contribution in [0.3, 0.4) is 0 Å². The van der Waals surface area contributed by atoms with Gasteiger partial charge in [0, 0.05) is 5.69 Å². The van der Waals surface area contributed by atoms with Gasteiger partial charge in [0.05, 0.1) is 21.2 Å². The Bertz CT molecular complexity index is 1050. The Balaban J connectivity index is 1.80. The fraction of sp³-hybridized carbons (Fsp3) is 0.158. The number of para-hydroxylation sites is 1. The Morgan fingerprint density at radius 3 is 2.59 bits per heavy atom. The van der Waals surface area contributed by atoms with Crippen LogP contribution >= 0.6 is 23.2 Å². The number of nitrogens with zero attached hydrogens (tertiary/aromatic N) is 1. The molecule has 1 heterocycles. The Morgan fingerprint density at radius 2 is 1.90 bits per heavy atom. The van der Waals surface area contributed by atoms with Gasteiger partial charge in [0.1, 0.15) is 18.1 Å². The second-order valence-electron chi connectivity index (χ2n) is 5.93. The van der Waals surface area contributed by atoms with E-state index in [2.05, 4.69) is 10.5 Å². The minimum absolute atomic E-state index is 0.0732. The summed E-state index contributed by atoms with van der Waals surface area (Å²) in [5, 5.41) is 5.96. The van der Waals surface area contributed by atoms with Gasteiger partial charge in [-0.2, -0.15) is 13.2 Å². The highest BCUT2D eigenvalue weighted by molar-refractivity contribution is 6.32. The standard InChI is InChI=1S/C19H13Cl2F3N2O3/c1-10-12(9-28-16-5-3-2-4-15(16)21)17(26-29-10)18(27)25-11-6-7-14(20)13(8-11)19(22,23)24/h2-8H,9H2,1H3,(H,25,27). The van der Waals surface area contributed by atoms with Crippen molar-refractivity contribution in [3.63, 3.8) is 0 Å². The lowest BCUT2D eigenvalue weighted by Crippen LogP contribution is -2.16. The van der Waals surface area contributed by atoms with Crippen LogP contribution in [0.1, 0.15) is 27.4 Å². The highest BCUT2D eigenvalue weighted by Gasteiger charge is 2.33. The number of benzene rings is 2. The summed E-state index contributed by atoms with van der Waals surface area (Å²) >= 11 is 11.6. The zero-order valence-corrected chi connectivity index (χ0v) is 16.3. The van der Waals surface area contributed by atoms with Crippen LogP contribution in [0.15, 0.2) is 47.0 Å². The van der Waals surface area contributed by atoms with E-state index in [-0.39, 0.29) is 18.0 Å². The smallest absolute Gasteiger partial charge is 0.417 e. The minimum atomic E-state index is -4.66. The number of anilines is 1. The summed E-state index contributed by atoms with van der Waals surface area (Å²) in [6.45, 7) is 1.51. The van der Waals surface area contributed by atoms with Crippen molar-refractivity contribution in [1.29, 1.82) is 0 Å². The van der Waals surface area contributed by atoms with E-state index in [4.69, 9.17) is 32.5 Å². The number of halogens is 5. The third kappa shape index (κ3) is 4.83. The summed E-state index contributed by atoms with van der Waals surface area (Å²) in [6.07, 6.45) is -4.66. The number of nitrogens with one attached hydrogen (secondary N) is 1. The maximum Gasteiger partial charge on any atom is 0.417 e. The molecule has 3 rings (SSSR count). The van der Waals surface area contributed by atoms with Crippen LogP contribution in [-0.2, 0) is 12.8 Å². The van der Waals surface area contributed by atoms with E-state index in [1.54, 1.807) is 31.2 Å². The predicted octanol–water partition coefficient (Wildman–Crippen LogP) is 6.14. The quantitative estimate of drug-likeness (QED) is 0.513. The SMILES string of the molecule is Cc1onc(C(=O)Nc2ccc(Cl)c(C(F)(F)F)c2)c1COc1ccccc1Cl. The van der Waals surface area contributed by atoms with Crippen molar-refractivity contribution in [3.05, 3.63) is 75.1 Å². The van der Waals surface area contributed by atoms with Crippen molar-refractivity contribution >= 4 is 34.8 Å². The van der Waals surface area contributed by atoms with Gasteiger partial charge < -0.3 is 14.6 Å². The van der Waals surface area contributed by atoms with Gasteiger partial charge in [0.2, 0.25) is 0 Å². The number of carbonyl (C=O) groups excluding carboxylic acids is 1. The van der Waals surface area contributed by atoms with Crippen LogP contribution in [-0.4, -0.2) is 11.1 Å². The molecule has 0 atom stereocenters. The molecule has 2 aromatic carbocycles. The molecular formula is C19H13Cl2F3N2O3. The summed E-state index contributed by atoms with van der Waals surface area (Å²) in [6, 6.07) is 9.81. The number of aryl methyl sites for hydroxylation is 1. The molecule has 0 spiro atoms. The van der Waals surface area contributed by atoms with Gasteiger partial charge in [-0.1, -0.05) is 40.5 Å². The van der Waals surface area contributed by atoms with Crippen molar-refractivity contribution in [1.82, 2.24) is 5.16 Å². The molecule has 1 aromatic heterocycles. The first-order chi connectivity index (χ1) is 13.7. The van der Waals surface area contributed by atoms with E-state index in [9.17, 15) is 18.0 Å². The predicted molar refractivity (Wildman–Crippen MR) is 101 cm³/mol. The summed E-state index contributed by atoms with van der Waals surface area (Å²) in [4.78, 5) is 12.5. The Hall–Kier alpha value is -2.71. The van der Waals surface area contributed by atoms with Crippen LogP contribution in [0, 0.1) is 6.92 Å². The zero-order chi connectivity index (χ0) is 21.2. The largest absolute Gasteiger partial charge is 0.487 e. The van der Waals surface area contributed by atoms with Gasteiger partial charge in [0.25, 0.3) is 5.91 Å². The molecule has 0 fully saturated rings. The van der Waals surface area contributed by atoms with Crippen LogP contribution in [0.25, 0.3) is 0 Å². The highest BCUT2D eigenvalue weighted by Crippen LogP contribution is 2.36. The second-order valence-corrected chi connectivity index (χ2v) is 6.75. The zero-order valence-electron chi connectivity index (χ0n) is 14.8. The lowest BCUT2D eigenvalue weighted by molar-refractivity contribution is -0.137. The summed E-state index contributed by atoms with van der Waals surface area (Å²) in [5.41, 5.74) is -0.925. The first-order valence-corrected chi connectivity index (χ1v) is 8.93. The number of hydrogen-bond acceptors (Lipinski definition) is 4.